The van der Waals surface area contributed by atoms with Gasteiger partial charge in [0.2, 0.25) is 0 Å². The van der Waals surface area contributed by atoms with E-state index in [0.717, 1.165) is 26.1 Å². The Hall–Kier alpha value is -1.99. The highest BCUT2D eigenvalue weighted by atomic mass is 32.2. The van der Waals surface area contributed by atoms with E-state index in [4.69, 9.17) is 0 Å². The number of hydrogen-bond acceptors (Lipinski definition) is 6. The van der Waals surface area contributed by atoms with Gasteiger partial charge in [-0.05, 0) is 31.4 Å². The summed E-state index contributed by atoms with van der Waals surface area (Å²) in [4.78, 5) is 10.8. The van der Waals surface area contributed by atoms with Gasteiger partial charge in [0, 0.05) is 25.9 Å². The Labute approximate surface area is 149 Å². The molecule has 1 atom stereocenters. The number of aromatic nitrogens is 2. The zero-order chi connectivity index (χ0) is 17.9. The molecule has 1 N–H and O–H groups in total. The van der Waals surface area contributed by atoms with Gasteiger partial charge in [-0.1, -0.05) is 30.3 Å². The number of anilines is 1. The van der Waals surface area contributed by atoms with Gasteiger partial charge in [-0.25, -0.2) is 18.4 Å². The Balaban J connectivity index is 1.57. The maximum Gasteiger partial charge on any atom is 0.180 e. The van der Waals surface area contributed by atoms with Crippen molar-refractivity contribution in [3.05, 3.63) is 47.9 Å². The number of nitrogens with zero attached hydrogens (tertiary/aromatic N) is 3. The molecule has 0 bridgehead atoms. The number of benzene rings is 1. The fraction of sp³-hybridized carbons (Fsp3) is 0.444. The third kappa shape index (κ3) is 4.55. The summed E-state index contributed by atoms with van der Waals surface area (Å²) in [5.41, 5.74) is 1.39. The van der Waals surface area contributed by atoms with Gasteiger partial charge in [0.1, 0.15) is 16.5 Å². The minimum Gasteiger partial charge on any atom is -0.368 e. The van der Waals surface area contributed by atoms with Crippen LogP contribution in [0.3, 0.4) is 0 Å². The molecule has 0 saturated carbocycles. The van der Waals surface area contributed by atoms with E-state index in [-0.39, 0.29) is 4.90 Å². The van der Waals surface area contributed by atoms with E-state index in [1.54, 1.807) is 6.92 Å². The lowest BCUT2D eigenvalue weighted by Crippen LogP contribution is -2.27. The fourth-order valence-corrected chi connectivity index (χ4v) is 3.94. The van der Waals surface area contributed by atoms with Crippen LogP contribution < -0.4 is 5.32 Å². The lowest BCUT2D eigenvalue weighted by molar-refractivity contribution is 0.347. The van der Waals surface area contributed by atoms with E-state index in [1.807, 2.05) is 6.07 Å². The van der Waals surface area contributed by atoms with Gasteiger partial charge in [-0.15, -0.1) is 0 Å². The molecule has 1 saturated heterocycles. The monoisotopic (exact) mass is 360 g/mol. The highest BCUT2D eigenvalue weighted by Gasteiger charge is 2.23. The molecule has 0 radical (unpaired) electrons. The molecule has 6 nitrogen and oxygen atoms in total. The molecule has 2 heterocycles. The van der Waals surface area contributed by atoms with E-state index < -0.39 is 9.84 Å². The summed E-state index contributed by atoms with van der Waals surface area (Å²) in [5, 5.41) is 3.17. The van der Waals surface area contributed by atoms with E-state index in [2.05, 4.69) is 44.5 Å². The van der Waals surface area contributed by atoms with Gasteiger partial charge in [0.25, 0.3) is 0 Å². The molecule has 0 aliphatic carbocycles. The van der Waals surface area contributed by atoms with E-state index in [9.17, 15) is 8.42 Å². The first-order chi connectivity index (χ1) is 11.9. The van der Waals surface area contributed by atoms with Crippen LogP contribution >= 0.6 is 0 Å². The van der Waals surface area contributed by atoms with Crippen molar-refractivity contribution in [2.75, 3.05) is 37.8 Å². The maximum absolute atomic E-state index is 11.9. The summed E-state index contributed by atoms with van der Waals surface area (Å²) in [6.45, 7) is 5.36. The zero-order valence-corrected chi connectivity index (χ0v) is 15.5. The van der Waals surface area contributed by atoms with Gasteiger partial charge >= 0.3 is 0 Å². The summed E-state index contributed by atoms with van der Waals surface area (Å²) in [7, 11) is -3.35. The highest BCUT2D eigenvalue weighted by molar-refractivity contribution is 7.90. The Bertz CT molecular complexity index is 824. The molecule has 134 valence electrons. The minimum absolute atomic E-state index is 0.154. The van der Waals surface area contributed by atoms with Crippen LogP contribution in [0.25, 0.3) is 0 Å². The number of likely N-dealkylation sites (tertiary alicyclic amines) is 1. The first kappa shape index (κ1) is 17.8. The molecule has 1 fully saturated rings. The van der Waals surface area contributed by atoms with Crippen molar-refractivity contribution in [3.63, 3.8) is 0 Å². The summed E-state index contributed by atoms with van der Waals surface area (Å²) in [6, 6.07) is 10.6. The Kier molecular flexibility index (Phi) is 5.34. The topological polar surface area (TPSA) is 75.2 Å². The second-order valence-corrected chi connectivity index (χ2v) is 8.51. The van der Waals surface area contributed by atoms with Gasteiger partial charge in [0.05, 0.1) is 6.20 Å². The molecule has 0 unspecified atom stereocenters. The van der Waals surface area contributed by atoms with Crippen LogP contribution in [0.5, 0.6) is 0 Å². The normalized spacial score (nSPS) is 18.4. The van der Waals surface area contributed by atoms with Crippen LogP contribution in [-0.2, 0) is 9.84 Å². The molecule has 3 rings (SSSR count). The number of nitrogens with one attached hydrogen (secondary N) is 1. The average molecular weight is 360 g/mol. The van der Waals surface area contributed by atoms with E-state index in [0.29, 0.717) is 24.1 Å². The molecule has 0 amide bonds. The molecule has 1 aliphatic rings. The second kappa shape index (κ2) is 7.49. The summed E-state index contributed by atoms with van der Waals surface area (Å²) in [5.74, 6) is 1.53. The van der Waals surface area contributed by atoms with Crippen molar-refractivity contribution in [3.8, 4) is 0 Å². The minimum atomic E-state index is -3.35. The molecular formula is C18H24N4O2S. The third-order valence-electron chi connectivity index (χ3n) is 4.54. The van der Waals surface area contributed by atoms with Crippen molar-refractivity contribution in [1.29, 1.82) is 0 Å². The van der Waals surface area contributed by atoms with Crippen LogP contribution in [0.4, 0.5) is 5.82 Å². The van der Waals surface area contributed by atoms with Crippen LogP contribution in [0.2, 0.25) is 0 Å². The number of hydrogen-bond donors (Lipinski definition) is 1. The SMILES string of the molecule is Cc1ncc(S(C)(=O)=O)c(NCCN2CC[C@@H](c3ccccc3)C2)n1. The van der Waals surface area contributed by atoms with Crippen molar-refractivity contribution in [2.45, 2.75) is 24.2 Å². The van der Waals surface area contributed by atoms with Crippen LogP contribution in [-0.4, -0.2) is 55.7 Å². The van der Waals surface area contributed by atoms with Crippen molar-refractivity contribution < 1.29 is 8.42 Å². The smallest absolute Gasteiger partial charge is 0.180 e. The summed E-state index contributed by atoms with van der Waals surface area (Å²) in [6.07, 6.45) is 3.71. The van der Waals surface area contributed by atoms with E-state index >= 15 is 0 Å². The van der Waals surface area contributed by atoms with Gasteiger partial charge in [-0.3, -0.25) is 0 Å². The number of sulfone groups is 1. The molecule has 1 aromatic heterocycles. The predicted molar refractivity (Wildman–Crippen MR) is 98.6 cm³/mol. The second-order valence-electron chi connectivity index (χ2n) is 6.53. The lowest BCUT2D eigenvalue weighted by Gasteiger charge is -2.17. The first-order valence-corrected chi connectivity index (χ1v) is 10.4. The molecule has 2 aromatic rings. The standard InChI is InChI=1S/C18H24N4O2S/c1-14-20-12-17(25(2,23)24)18(21-14)19-9-11-22-10-8-16(13-22)15-6-4-3-5-7-15/h3-7,12,16H,8-11,13H2,1-2H3,(H,19,20,21)/t16-/m1/s1. The maximum atomic E-state index is 11.9. The molecule has 7 heteroatoms. The molecule has 1 aliphatic heterocycles. The van der Waals surface area contributed by atoms with Crippen LogP contribution in [0.15, 0.2) is 41.4 Å². The zero-order valence-electron chi connectivity index (χ0n) is 14.6. The van der Waals surface area contributed by atoms with Gasteiger partial charge in [0.15, 0.2) is 9.84 Å². The average Bonchev–Trinajstić information content (AvgIpc) is 3.03. The summed E-state index contributed by atoms with van der Waals surface area (Å²) < 4.78 is 23.7. The quantitative estimate of drug-likeness (QED) is 0.850. The van der Waals surface area contributed by atoms with Crippen LogP contribution in [0.1, 0.15) is 23.7 Å². The first-order valence-electron chi connectivity index (χ1n) is 8.48. The lowest BCUT2D eigenvalue weighted by atomic mass is 9.99. The Morgan fingerprint density at radius 1 is 1.28 bits per heavy atom. The molecule has 25 heavy (non-hydrogen) atoms. The Morgan fingerprint density at radius 3 is 2.76 bits per heavy atom. The van der Waals surface area contributed by atoms with Gasteiger partial charge < -0.3 is 10.2 Å². The van der Waals surface area contributed by atoms with Crippen molar-refractivity contribution in [2.24, 2.45) is 0 Å². The van der Waals surface area contributed by atoms with Crippen LogP contribution in [0, 0.1) is 6.92 Å². The van der Waals surface area contributed by atoms with Crippen molar-refractivity contribution >= 4 is 15.7 Å². The predicted octanol–water partition coefficient (Wildman–Crippen LogP) is 2.09. The van der Waals surface area contributed by atoms with E-state index in [1.165, 1.54) is 18.0 Å². The molecule has 0 spiro atoms. The van der Waals surface area contributed by atoms with Gasteiger partial charge in [-0.2, -0.15) is 0 Å². The molecular weight excluding hydrogens is 336 g/mol. The number of rotatable bonds is 6. The number of aryl methyl sites for hydroxylation is 1. The highest BCUT2D eigenvalue weighted by Crippen LogP contribution is 2.26. The third-order valence-corrected chi connectivity index (χ3v) is 5.64. The largest absolute Gasteiger partial charge is 0.368 e. The summed E-state index contributed by atoms with van der Waals surface area (Å²) >= 11 is 0. The van der Waals surface area contributed by atoms with Crippen molar-refractivity contribution in [1.82, 2.24) is 14.9 Å². The Morgan fingerprint density at radius 2 is 2.04 bits per heavy atom. The molecule has 1 aromatic carbocycles. The fourth-order valence-electron chi connectivity index (χ4n) is 3.22.